The minimum absolute atomic E-state index is 0.212. The molecule has 3 N–H and O–H groups in total. The van der Waals surface area contributed by atoms with Gasteiger partial charge in [-0.1, -0.05) is 30.3 Å². The van der Waals surface area contributed by atoms with Crippen LogP contribution in [0.25, 0.3) is 0 Å². The summed E-state index contributed by atoms with van der Waals surface area (Å²) in [7, 11) is 3.24. The first-order valence-electron chi connectivity index (χ1n) is 6.46. The van der Waals surface area contributed by atoms with E-state index in [1.165, 1.54) is 0 Å². The average Bonchev–Trinajstić information content (AvgIpc) is 2.48. The van der Waals surface area contributed by atoms with Gasteiger partial charge in [0.05, 0.1) is 6.04 Å². The van der Waals surface area contributed by atoms with Gasteiger partial charge in [0.15, 0.2) is 0 Å². The van der Waals surface area contributed by atoms with Crippen molar-refractivity contribution in [3.8, 4) is 0 Å². The number of rotatable bonds is 7. The van der Waals surface area contributed by atoms with Crippen LogP contribution in [-0.2, 0) is 16.0 Å². The van der Waals surface area contributed by atoms with Crippen molar-refractivity contribution in [1.82, 2.24) is 16.0 Å². The van der Waals surface area contributed by atoms with E-state index in [-0.39, 0.29) is 11.8 Å². The number of likely N-dealkylation sites (N-methyl/N-ethyl adjacent to an activating group) is 2. The van der Waals surface area contributed by atoms with Crippen LogP contribution in [0.2, 0.25) is 0 Å². The van der Waals surface area contributed by atoms with Crippen LogP contribution in [0, 0.1) is 0 Å². The van der Waals surface area contributed by atoms with Crippen molar-refractivity contribution < 1.29 is 9.59 Å². The molecule has 0 bridgehead atoms. The summed E-state index contributed by atoms with van der Waals surface area (Å²) in [6.45, 7) is 0. The summed E-state index contributed by atoms with van der Waals surface area (Å²) < 4.78 is 0. The summed E-state index contributed by atoms with van der Waals surface area (Å²) in [6, 6.07) is 8.57. The molecule has 1 aromatic rings. The number of nitrogens with one attached hydrogen (secondary N) is 3. The Hall–Kier alpha value is -1.53. The van der Waals surface area contributed by atoms with E-state index < -0.39 is 12.1 Å². The number of thiol groups is 1. The topological polar surface area (TPSA) is 70.2 Å². The van der Waals surface area contributed by atoms with Crippen molar-refractivity contribution in [2.75, 3.05) is 19.8 Å². The lowest BCUT2D eigenvalue weighted by Crippen LogP contribution is -2.53. The molecule has 2 atom stereocenters. The quantitative estimate of drug-likeness (QED) is 0.534. The molecule has 1 aromatic carbocycles. The first-order chi connectivity index (χ1) is 9.62. The number of amides is 2. The maximum absolute atomic E-state index is 12.0. The average molecular weight is 295 g/mol. The molecule has 5 nitrogen and oxygen atoms in total. The van der Waals surface area contributed by atoms with Crippen molar-refractivity contribution >= 4 is 24.4 Å². The molecule has 0 unspecified atom stereocenters. The second-order valence-electron chi connectivity index (χ2n) is 4.39. The third kappa shape index (κ3) is 4.86. The van der Waals surface area contributed by atoms with E-state index in [4.69, 9.17) is 0 Å². The molecule has 0 saturated carbocycles. The number of hydrogen-bond acceptors (Lipinski definition) is 4. The molecule has 0 aliphatic carbocycles. The van der Waals surface area contributed by atoms with Crippen molar-refractivity contribution in [2.24, 2.45) is 0 Å². The third-order valence-corrected chi connectivity index (χ3v) is 3.37. The smallest absolute Gasteiger partial charge is 0.242 e. The molecule has 0 aliphatic heterocycles. The van der Waals surface area contributed by atoms with Gasteiger partial charge in [-0.25, -0.2) is 0 Å². The van der Waals surface area contributed by atoms with Gasteiger partial charge in [0.2, 0.25) is 11.8 Å². The van der Waals surface area contributed by atoms with E-state index >= 15 is 0 Å². The highest BCUT2D eigenvalue weighted by Gasteiger charge is 2.23. The fourth-order valence-electron chi connectivity index (χ4n) is 1.81. The summed E-state index contributed by atoms with van der Waals surface area (Å²) in [5.41, 5.74) is 0.994. The summed E-state index contributed by atoms with van der Waals surface area (Å²) in [6.07, 6.45) is 0.454. The molecule has 20 heavy (non-hydrogen) atoms. The van der Waals surface area contributed by atoms with Gasteiger partial charge in [-0.2, -0.15) is 12.6 Å². The third-order valence-electron chi connectivity index (χ3n) is 3.01. The van der Waals surface area contributed by atoms with E-state index in [2.05, 4.69) is 28.6 Å². The van der Waals surface area contributed by atoms with Crippen molar-refractivity contribution in [2.45, 2.75) is 18.5 Å². The highest BCUT2D eigenvalue weighted by molar-refractivity contribution is 7.80. The SMILES string of the molecule is CNC(=O)[C@H](Cc1ccccc1)NC(=O)[C@H](CS)NC. The van der Waals surface area contributed by atoms with Gasteiger partial charge >= 0.3 is 0 Å². The van der Waals surface area contributed by atoms with Gasteiger partial charge < -0.3 is 16.0 Å². The number of carbonyl (C=O) groups is 2. The Kier molecular flexibility index (Phi) is 7.11. The maximum atomic E-state index is 12.0. The zero-order chi connectivity index (χ0) is 15.0. The Balaban J connectivity index is 2.75. The lowest BCUT2D eigenvalue weighted by Gasteiger charge is -2.20. The summed E-state index contributed by atoms with van der Waals surface area (Å²) in [5.74, 6) is -0.0723. The highest BCUT2D eigenvalue weighted by atomic mass is 32.1. The van der Waals surface area contributed by atoms with Crippen LogP contribution in [0.3, 0.4) is 0 Å². The Morgan fingerprint density at radius 1 is 1.10 bits per heavy atom. The fourth-order valence-corrected chi connectivity index (χ4v) is 2.16. The lowest BCUT2D eigenvalue weighted by molar-refractivity contribution is -0.129. The van der Waals surface area contributed by atoms with Crippen LogP contribution in [0.1, 0.15) is 5.56 Å². The standard InChI is InChI=1S/C14H21N3O2S/c1-15-12(9-20)14(19)17-11(13(18)16-2)8-10-6-4-3-5-7-10/h3-7,11-12,15,20H,8-9H2,1-2H3,(H,16,18)(H,17,19)/t11-,12-/m0/s1. The van der Waals surface area contributed by atoms with Crippen LogP contribution < -0.4 is 16.0 Å². The molecule has 0 heterocycles. The van der Waals surface area contributed by atoms with E-state index in [1.807, 2.05) is 30.3 Å². The van der Waals surface area contributed by atoms with Crippen LogP contribution in [0.4, 0.5) is 0 Å². The normalized spacial score (nSPS) is 13.3. The molecule has 6 heteroatoms. The van der Waals surface area contributed by atoms with E-state index in [0.29, 0.717) is 12.2 Å². The van der Waals surface area contributed by atoms with E-state index in [9.17, 15) is 9.59 Å². The molecular weight excluding hydrogens is 274 g/mol. The van der Waals surface area contributed by atoms with Gasteiger partial charge in [0, 0.05) is 19.2 Å². The second kappa shape index (κ2) is 8.60. The summed E-state index contributed by atoms with van der Waals surface area (Å²) in [5, 5.41) is 8.19. The van der Waals surface area contributed by atoms with Gasteiger partial charge in [0.1, 0.15) is 6.04 Å². The Morgan fingerprint density at radius 2 is 1.75 bits per heavy atom. The largest absolute Gasteiger partial charge is 0.357 e. The van der Waals surface area contributed by atoms with Gasteiger partial charge in [-0.05, 0) is 12.6 Å². The van der Waals surface area contributed by atoms with Gasteiger partial charge in [-0.3, -0.25) is 9.59 Å². The Labute approximate surface area is 124 Å². The van der Waals surface area contributed by atoms with Crippen molar-refractivity contribution in [3.63, 3.8) is 0 Å². The monoisotopic (exact) mass is 295 g/mol. The Morgan fingerprint density at radius 3 is 2.25 bits per heavy atom. The zero-order valence-corrected chi connectivity index (χ0v) is 12.6. The maximum Gasteiger partial charge on any atom is 0.242 e. The van der Waals surface area contributed by atoms with E-state index in [1.54, 1.807) is 14.1 Å². The molecule has 0 fully saturated rings. The molecule has 0 saturated heterocycles. The minimum Gasteiger partial charge on any atom is -0.357 e. The van der Waals surface area contributed by atoms with E-state index in [0.717, 1.165) is 5.56 Å². The molecule has 0 radical (unpaired) electrons. The number of benzene rings is 1. The fraction of sp³-hybridized carbons (Fsp3) is 0.429. The number of carbonyl (C=O) groups excluding carboxylic acids is 2. The van der Waals surface area contributed by atoms with Crippen LogP contribution in [0.5, 0.6) is 0 Å². The molecule has 1 rings (SSSR count). The molecule has 0 spiro atoms. The molecule has 2 amide bonds. The summed E-state index contributed by atoms with van der Waals surface area (Å²) in [4.78, 5) is 23.9. The number of hydrogen-bond donors (Lipinski definition) is 4. The highest BCUT2D eigenvalue weighted by Crippen LogP contribution is 2.04. The van der Waals surface area contributed by atoms with Crippen molar-refractivity contribution in [3.05, 3.63) is 35.9 Å². The minimum atomic E-state index is -0.592. The van der Waals surface area contributed by atoms with Gasteiger partial charge in [0.25, 0.3) is 0 Å². The van der Waals surface area contributed by atoms with Crippen LogP contribution in [-0.4, -0.2) is 43.7 Å². The predicted octanol–water partition coefficient (Wildman–Crippen LogP) is -0.0223. The molecule has 0 aliphatic rings. The van der Waals surface area contributed by atoms with Crippen LogP contribution in [0.15, 0.2) is 30.3 Å². The Bertz CT molecular complexity index is 435. The lowest BCUT2D eigenvalue weighted by atomic mass is 10.0. The van der Waals surface area contributed by atoms with Crippen LogP contribution >= 0.6 is 12.6 Å². The zero-order valence-electron chi connectivity index (χ0n) is 11.7. The van der Waals surface area contributed by atoms with Gasteiger partial charge in [-0.15, -0.1) is 0 Å². The predicted molar refractivity (Wildman–Crippen MR) is 82.8 cm³/mol. The molecule has 0 aromatic heterocycles. The molecule has 110 valence electrons. The first-order valence-corrected chi connectivity index (χ1v) is 7.09. The first kappa shape index (κ1) is 16.5. The summed E-state index contributed by atoms with van der Waals surface area (Å²) >= 11 is 4.11. The second-order valence-corrected chi connectivity index (χ2v) is 4.75. The molecular formula is C14H21N3O2S. The van der Waals surface area contributed by atoms with Crippen molar-refractivity contribution in [1.29, 1.82) is 0 Å².